The minimum atomic E-state index is -4.65. The first kappa shape index (κ1) is 63.6. The van der Waals surface area contributed by atoms with Crippen LogP contribution in [0.15, 0.2) is 120 Å². The minimum absolute atomic E-state index is 0. The molecular weight excluding hydrogens is 1180 g/mol. The van der Waals surface area contributed by atoms with Gasteiger partial charge in [0.1, 0.15) is 66.9 Å². The predicted octanol–water partition coefficient (Wildman–Crippen LogP) is 5.37. The fourth-order valence-electron chi connectivity index (χ4n) is 12.2. The average Bonchev–Trinajstić information content (AvgIpc) is 3.94. The van der Waals surface area contributed by atoms with Crippen molar-refractivity contribution >= 4 is 85.2 Å². The smallest absolute Gasteiger partial charge is 1.00 e. The van der Waals surface area contributed by atoms with Crippen LogP contribution in [-0.2, 0) is 69.2 Å². The first-order valence-electron chi connectivity index (χ1n) is 26.6. The Labute approximate surface area is 507 Å². The third kappa shape index (κ3) is 15.8. The maximum Gasteiger partial charge on any atom is 1.00 e. The van der Waals surface area contributed by atoms with E-state index in [1.807, 2.05) is 0 Å². The number of esters is 4. The molecular formula is C60H68BrNaO14S4. The van der Waals surface area contributed by atoms with Gasteiger partial charge in [-0.05, 0) is 134 Å². The largest absolute Gasteiger partial charge is 1.00 e. The summed E-state index contributed by atoms with van der Waals surface area (Å²) in [7, 11) is -9.07. The predicted molar refractivity (Wildman–Crippen MR) is 299 cm³/mol. The number of carbonyl (C=O) groups is 4. The van der Waals surface area contributed by atoms with Gasteiger partial charge in [-0.2, -0.15) is 0 Å². The van der Waals surface area contributed by atoms with Crippen molar-refractivity contribution in [3.8, 4) is 9.79 Å². The zero-order chi connectivity index (χ0) is 55.9. The van der Waals surface area contributed by atoms with E-state index in [9.17, 15) is 45.1 Å². The normalized spacial score (nSPS) is 25.8. The molecule has 0 radical (unpaired) electrons. The Bertz CT molecular complexity index is 3170. The number of benzene rings is 4. The van der Waals surface area contributed by atoms with Gasteiger partial charge < -0.3 is 45.0 Å². The fourth-order valence-corrected chi connectivity index (χ4v) is 16.7. The number of ether oxygens (including phenoxy) is 4. The maximum atomic E-state index is 11.8. The van der Waals surface area contributed by atoms with E-state index in [1.165, 1.54) is 41.1 Å². The average molecular weight is 1240 g/mol. The molecule has 4 aliphatic carbocycles. The molecule has 6 heterocycles. The summed E-state index contributed by atoms with van der Waals surface area (Å²) in [6, 6.07) is 40.1. The monoisotopic (exact) mass is 1240 g/mol. The molecule has 8 bridgehead atoms. The SMILES string of the molecule is CC(C)(C)c1ccc(-[s+]2ccc3ccccc32)cc1.CC(C)(C)c1ccc(-[s+]2ccc3ccccc32)cc1.O=C(CS(=O)(=O)[O-])OC1C2CC3CC(C2)C(=O)OC1C3.O=C(CS(=O)(=O)[O-])OC1C2CC3CC(C2)C(=O)OC1C3.[Br-].[Na+]. The molecule has 4 aromatic carbocycles. The van der Waals surface area contributed by atoms with Gasteiger partial charge in [-0.15, -0.1) is 0 Å². The molecule has 8 aliphatic rings. The third-order valence-corrected chi connectivity index (χ3v) is 21.1. The van der Waals surface area contributed by atoms with Gasteiger partial charge in [0.05, 0.1) is 11.8 Å². The van der Waals surface area contributed by atoms with Gasteiger partial charge >= 0.3 is 53.4 Å². The molecule has 4 aliphatic heterocycles. The third-order valence-electron chi connectivity index (χ3n) is 15.8. The Balaban J connectivity index is 0.000000153. The molecule has 14 nitrogen and oxygen atoms in total. The second kappa shape index (κ2) is 25.9. The summed E-state index contributed by atoms with van der Waals surface area (Å²) in [6.45, 7) is 13.6. The minimum Gasteiger partial charge on any atom is -1.00 e. The van der Waals surface area contributed by atoms with Gasteiger partial charge in [-0.25, -0.2) is 16.8 Å². The van der Waals surface area contributed by atoms with Crippen LogP contribution in [0.4, 0.5) is 0 Å². The van der Waals surface area contributed by atoms with E-state index >= 15 is 0 Å². The maximum absolute atomic E-state index is 11.8. The van der Waals surface area contributed by atoms with Crippen LogP contribution in [0.1, 0.15) is 104 Å². The number of halogens is 1. The summed E-state index contributed by atoms with van der Waals surface area (Å²) < 4.78 is 87.2. The second-order valence-corrected chi connectivity index (χ2v) is 30.2. The van der Waals surface area contributed by atoms with Crippen molar-refractivity contribution in [1.82, 2.24) is 0 Å². The Hall–Kier alpha value is -4.02. The summed E-state index contributed by atoms with van der Waals surface area (Å²) in [5.74, 6) is -4.44. The molecule has 12 unspecified atom stereocenters. The van der Waals surface area contributed by atoms with E-state index in [2.05, 4.69) is 161 Å². The van der Waals surface area contributed by atoms with E-state index in [4.69, 9.17) is 18.9 Å². The van der Waals surface area contributed by atoms with Gasteiger partial charge in [-0.1, -0.05) is 90.1 Å². The summed E-state index contributed by atoms with van der Waals surface area (Å²) in [4.78, 5) is 49.5. The number of hydrogen-bond donors (Lipinski definition) is 0. The molecule has 0 spiro atoms. The summed E-state index contributed by atoms with van der Waals surface area (Å²) in [5.41, 5.74) is 3.25. The van der Waals surface area contributed by atoms with Crippen molar-refractivity contribution in [3.05, 3.63) is 131 Å². The Morgan fingerprint density at radius 2 is 0.875 bits per heavy atom. The van der Waals surface area contributed by atoms with Crippen LogP contribution in [0.25, 0.3) is 30.0 Å². The van der Waals surface area contributed by atoms with Crippen molar-refractivity contribution in [2.75, 3.05) is 11.5 Å². The molecule has 80 heavy (non-hydrogen) atoms. The number of thiophene rings is 2. The summed E-state index contributed by atoms with van der Waals surface area (Å²) in [6.07, 6.45) is 3.60. The van der Waals surface area contributed by atoms with E-state index < -0.39 is 68.1 Å². The first-order valence-corrected chi connectivity index (χ1v) is 32.4. The van der Waals surface area contributed by atoms with Gasteiger partial charge in [-0.3, -0.25) is 19.2 Å². The molecule has 8 fully saturated rings. The molecule has 20 heteroatoms. The van der Waals surface area contributed by atoms with Gasteiger partial charge in [0.25, 0.3) is 0 Å². The van der Waals surface area contributed by atoms with Crippen molar-refractivity contribution in [2.24, 2.45) is 35.5 Å². The van der Waals surface area contributed by atoms with Gasteiger partial charge in [0, 0.05) is 55.7 Å². The van der Waals surface area contributed by atoms with Gasteiger partial charge in [0.15, 0.2) is 19.2 Å². The Morgan fingerprint density at radius 3 is 1.21 bits per heavy atom. The van der Waals surface area contributed by atoms with Crippen LogP contribution in [0.3, 0.4) is 0 Å². The van der Waals surface area contributed by atoms with Crippen LogP contribution in [0, 0.1) is 35.5 Å². The fraction of sp³-hybridized carbons (Fsp3) is 0.467. The summed E-state index contributed by atoms with van der Waals surface area (Å²) >= 11 is 0. The number of carbonyl (C=O) groups excluding carboxylic acids is 4. The second-order valence-electron chi connectivity index (χ2n) is 23.7. The Morgan fingerprint density at radius 1 is 0.525 bits per heavy atom. The zero-order valence-electron chi connectivity index (χ0n) is 46.1. The van der Waals surface area contributed by atoms with Crippen LogP contribution >= 0.6 is 20.9 Å². The zero-order valence-corrected chi connectivity index (χ0v) is 53.0. The first-order chi connectivity index (χ1) is 36.7. The summed E-state index contributed by atoms with van der Waals surface area (Å²) in [5, 5.41) is 7.39. The van der Waals surface area contributed by atoms with E-state index in [-0.39, 0.29) is 114 Å². The molecule has 4 saturated heterocycles. The van der Waals surface area contributed by atoms with E-state index in [1.54, 1.807) is 0 Å². The quantitative estimate of drug-likeness (QED) is 0.0616. The van der Waals surface area contributed by atoms with Crippen molar-refractivity contribution in [1.29, 1.82) is 0 Å². The van der Waals surface area contributed by atoms with Crippen molar-refractivity contribution in [3.63, 3.8) is 0 Å². The molecule has 0 N–H and O–H groups in total. The van der Waals surface area contributed by atoms with Gasteiger partial charge in [0.2, 0.25) is 0 Å². The Kier molecular flexibility index (Phi) is 20.5. The van der Waals surface area contributed by atoms with E-state index in [0.717, 1.165) is 25.7 Å². The van der Waals surface area contributed by atoms with Crippen LogP contribution in [-0.4, -0.2) is 85.7 Å². The molecule has 4 saturated carbocycles. The molecule has 424 valence electrons. The van der Waals surface area contributed by atoms with Crippen LogP contribution in [0.2, 0.25) is 0 Å². The van der Waals surface area contributed by atoms with Crippen LogP contribution < -0.4 is 46.5 Å². The molecule has 6 aromatic rings. The molecule has 14 rings (SSSR count). The van der Waals surface area contributed by atoms with Crippen molar-refractivity contribution in [2.45, 2.75) is 128 Å². The van der Waals surface area contributed by atoms with E-state index in [0.29, 0.717) is 37.5 Å². The number of hydrogen-bond acceptors (Lipinski definition) is 14. The van der Waals surface area contributed by atoms with Crippen LogP contribution in [0.5, 0.6) is 0 Å². The van der Waals surface area contributed by atoms with Crippen molar-refractivity contribution < 1.29 is 111 Å². The number of rotatable bonds is 8. The topological polar surface area (TPSA) is 220 Å². The standard InChI is InChI=1S/2C18H19S.2C12H16O7S.BrH.Na/c2*1-18(2,3)15-8-10-16(11-9-15)19-13-12-14-6-4-5-7-17(14)19;2*13-10(5-20(15,16)17)19-11-7-1-6-2-8(4-7)12(14)18-9(11)3-6;;/h2*4-13H,1-3H3;2*6-9,11H,1-5H2,(H,15,16,17);1H;/q2*+1;;;;+1/p-3. The molecule has 12 atom stereocenters. The molecule has 2 aromatic heterocycles. The number of fused-ring (bicyclic) bond motifs is 4. The molecule has 0 amide bonds.